The van der Waals surface area contributed by atoms with E-state index >= 15 is 0 Å². The number of fused-ring (bicyclic) bond motifs is 2. The average Bonchev–Trinajstić information content (AvgIpc) is 3.82. The normalized spacial score (nSPS) is 19.4. The zero-order valence-corrected chi connectivity index (χ0v) is 38.0. The Morgan fingerprint density at radius 2 is 1.78 bits per heavy atom. The Labute approximate surface area is 372 Å². The second-order valence-corrected chi connectivity index (χ2v) is 19.7. The van der Waals surface area contributed by atoms with Crippen molar-refractivity contribution in [3.05, 3.63) is 82.8 Å². The van der Waals surface area contributed by atoms with Gasteiger partial charge >= 0.3 is 5.97 Å². The number of nitrogens with two attached hydrogens (primary N) is 1. The molecule has 1 fully saturated rings. The summed E-state index contributed by atoms with van der Waals surface area (Å²) in [6, 6.07) is 14.9. The van der Waals surface area contributed by atoms with Crippen LogP contribution in [-0.2, 0) is 34.4 Å². The number of likely N-dealkylation sites (N-methyl/N-ethyl adjacent to an activating group) is 1. The number of aromatic carboxylic acids is 1. The van der Waals surface area contributed by atoms with E-state index in [1.165, 1.54) is 11.3 Å². The number of aromatic nitrogens is 4. The van der Waals surface area contributed by atoms with Gasteiger partial charge in [-0.05, 0) is 106 Å². The minimum Gasteiger partial charge on any atom is -0.492 e. The fourth-order valence-corrected chi connectivity index (χ4v) is 10.5. The highest BCUT2D eigenvalue weighted by Gasteiger charge is 2.30. The molecule has 2 aliphatic rings. The lowest BCUT2D eigenvalue weighted by Crippen LogP contribution is -2.33. The molecule has 2 aromatic carbocycles. The first-order valence-electron chi connectivity index (χ1n) is 21.6. The molecule has 4 unspecified atom stereocenters. The number of nitrogens with zero attached hydrogens (tertiary/aromatic N) is 6. The zero-order chi connectivity index (χ0) is 44.8. The Bertz CT molecular complexity index is 2490. The summed E-state index contributed by atoms with van der Waals surface area (Å²) in [5, 5.41) is 18.8. The van der Waals surface area contributed by atoms with Gasteiger partial charge in [-0.15, -0.1) is 0 Å². The van der Waals surface area contributed by atoms with Gasteiger partial charge in [-0.3, -0.25) is 19.3 Å². The molecule has 18 heteroatoms. The Balaban J connectivity index is 1.08. The van der Waals surface area contributed by atoms with Crippen molar-refractivity contribution in [1.29, 1.82) is 0 Å². The van der Waals surface area contributed by atoms with Crippen molar-refractivity contribution in [3.63, 3.8) is 0 Å². The first-order valence-corrected chi connectivity index (χ1v) is 24.0. The van der Waals surface area contributed by atoms with Crippen LogP contribution in [0.1, 0.15) is 77.2 Å². The maximum Gasteiger partial charge on any atom is 0.355 e. The van der Waals surface area contributed by atoms with Crippen molar-refractivity contribution in [1.82, 2.24) is 24.6 Å². The maximum absolute atomic E-state index is 13.9. The van der Waals surface area contributed by atoms with E-state index < -0.39 is 16.1 Å². The van der Waals surface area contributed by atoms with Crippen LogP contribution in [-0.4, -0.2) is 113 Å². The number of carboxylic acids is 1. The third-order valence-electron chi connectivity index (χ3n) is 12.1. The van der Waals surface area contributed by atoms with Crippen LogP contribution in [0.15, 0.2) is 54.7 Å². The van der Waals surface area contributed by atoms with Crippen molar-refractivity contribution in [3.8, 4) is 16.9 Å². The number of para-hydroxylation sites is 1. The monoisotopic (exact) mass is 902 g/mol. The molecule has 3 aromatic heterocycles. The number of benzene rings is 2. The van der Waals surface area contributed by atoms with E-state index in [-0.39, 0.29) is 35.9 Å². The summed E-state index contributed by atoms with van der Waals surface area (Å²) < 4.78 is 46.9. The standard InChI is InChI=1S/C45H58N8O8S2/c1-28-21-29(2)23-32(60-19-16-51(4)17-20-63(57,58)59)24-31(22-28)26-53-30(3)36(25-47-53)34-10-12-41(49-42(34)44(55)56)52-15-13-33-37(27-52)35(9-11-39(33)61-18-14-46)43(54)50-45-48-38-7-5-6-8-40(38)62-45/h5-12,25,28-29,31-32H,13-24,26-27,46H2,1-4H3,(H,55,56)(H,48,50,54)(H,57,58,59). The Hall–Kier alpha value is -4.98. The summed E-state index contributed by atoms with van der Waals surface area (Å²) in [5.74, 6) is 0.637. The summed E-state index contributed by atoms with van der Waals surface area (Å²) >= 11 is 1.40. The van der Waals surface area contributed by atoms with Gasteiger partial charge in [0, 0.05) is 67.2 Å². The van der Waals surface area contributed by atoms with E-state index in [1.807, 2.05) is 64.9 Å². The quantitative estimate of drug-likeness (QED) is 0.0746. The smallest absolute Gasteiger partial charge is 0.355 e. The van der Waals surface area contributed by atoms with Gasteiger partial charge in [-0.2, -0.15) is 13.5 Å². The molecule has 0 spiro atoms. The van der Waals surface area contributed by atoms with E-state index in [0.717, 1.165) is 52.7 Å². The third-order valence-corrected chi connectivity index (χ3v) is 13.7. The molecule has 16 nitrogen and oxygen atoms in total. The minimum absolute atomic E-state index is 0.0222. The minimum atomic E-state index is -4.03. The molecular formula is C45H58N8O8S2. The van der Waals surface area contributed by atoms with Gasteiger partial charge in [0.05, 0.1) is 34.9 Å². The highest BCUT2D eigenvalue weighted by Crippen LogP contribution is 2.37. The highest BCUT2D eigenvalue weighted by atomic mass is 32.2. The van der Waals surface area contributed by atoms with E-state index in [4.69, 9.17) is 29.8 Å². The number of nitrogens with one attached hydrogen (secondary N) is 1. The molecule has 1 amide bonds. The van der Waals surface area contributed by atoms with Crippen LogP contribution in [0.25, 0.3) is 21.3 Å². The molecule has 0 bridgehead atoms. The largest absolute Gasteiger partial charge is 0.492 e. The van der Waals surface area contributed by atoms with E-state index in [1.54, 1.807) is 18.3 Å². The molecule has 5 aromatic rings. The summed E-state index contributed by atoms with van der Waals surface area (Å²) in [5.41, 5.74) is 10.6. The number of thiazole rings is 1. The van der Waals surface area contributed by atoms with Crippen LogP contribution in [0.5, 0.6) is 5.75 Å². The SMILES string of the molecule is Cc1c(-c2ccc(N3CCc4c(OCCN)ccc(C(=O)Nc5nc6ccccc6s5)c4C3)nc2C(=O)O)cnn1CC1CC(C)CC(C)CC(OCCN(C)CCS(=O)(=O)O)C1. The molecule has 338 valence electrons. The van der Waals surface area contributed by atoms with Crippen molar-refractivity contribution in [2.45, 2.75) is 72.1 Å². The fourth-order valence-electron chi connectivity index (χ4n) is 9.10. The molecule has 1 aliphatic heterocycles. The van der Waals surface area contributed by atoms with Gasteiger partial charge in [0.2, 0.25) is 0 Å². The number of hydrogen-bond donors (Lipinski definition) is 4. The Morgan fingerprint density at radius 1 is 0.984 bits per heavy atom. The molecule has 63 heavy (non-hydrogen) atoms. The molecule has 0 radical (unpaired) electrons. The topological polar surface area (TPSA) is 215 Å². The number of ether oxygens (including phenoxy) is 2. The number of hydrogen-bond acceptors (Lipinski definition) is 13. The van der Waals surface area contributed by atoms with Crippen LogP contribution in [0, 0.1) is 24.7 Å². The number of amides is 1. The Kier molecular flexibility index (Phi) is 14.8. The third kappa shape index (κ3) is 11.6. The molecule has 5 N–H and O–H groups in total. The van der Waals surface area contributed by atoms with Crippen molar-refractivity contribution >= 4 is 54.5 Å². The second-order valence-electron chi connectivity index (χ2n) is 17.1. The maximum atomic E-state index is 13.9. The lowest BCUT2D eigenvalue weighted by atomic mass is 9.80. The Morgan fingerprint density at radius 3 is 2.54 bits per heavy atom. The number of rotatable bonds is 17. The fraction of sp³-hybridized carbons (Fsp3) is 0.489. The van der Waals surface area contributed by atoms with Crippen LogP contribution < -0.4 is 20.7 Å². The van der Waals surface area contributed by atoms with Crippen LogP contribution in [0.4, 0.5) is 10.9 Å². The number of carbonyl (C=O) groups excluding carboxylic acids is 1. The molecule has 7 rings (SSSR count). The van der Waals surface area contributed by atoms with Gasteiger partial charge in [0.15, 0.2) is 10.8 Å². The molecule has 1 aliphatic carbocycles. The number of pyridine rings is 1. The predicted molar refractivity (Wildman–Crippen MR) is 244 cm³/mol. The summed E-state index contributed by atoms with van der Waals surface area (Å²) in [6.07, 6.45) is 6.11. The van der Waals surface area contributed by atoms with Gasteiger partial charge < -0.3 is 30.1 Å². The van der Waals surface area contributed by atoms with E-state index in [2.05, 4.69) is 24.1 Å². The number of carbonyl (C=O) groups is 2. The molecular weight excluding hydrogens is 845 g/mol. The molecule has 4 atom stereocenters. The van der Waals surface area contributed by atoms with Crippen molar-refractivity contribution in [2.24, 2.45) is 23.5 Å². The first-order chi connectivity index (χ1) is 30.1. The predicted octanol–water partition coefficient (Wildman–Crippen LogP) is 6.38. The zero-order valence-electron chi connectivity index (χ0n) is 36.3. The van der Waals surface area contributed by atoms with Gasteiger partial charge in [-0.25, -0.2) is 14.8 Å². The van der Waals surface area contributed by atoms with Gasteiger partial charge in [-0.1, -0.05) is 37.3 Å². The summed E-state index contributed by atoms with van der Waals surface area (Å²) in [6.45, 7) is 9.85. The van der Waals surface area contributed by atoms with E-state index in [0.29, 0.717) is 97.6 Å². The van der Waals surface area contributed by atoms with E-state index in [9.17, 15) is 23.1 Å². The highest BCUT2D eigenvalue weighted by molar-refractivity contribution is 7.85. The molecule has 1 saturated carbocycles. The van der Waals surface area contributed by atoms with Crippen molar-refractivity contribution < 1.29 is 37.1 Å². The molecule has 4 heterocycles. The number of carboxylic acid groups (broad SMARTS) is 1. The average molecular weight is 903 g/mol. The lowest BCUT2D eigenvalue weighted by molar-refractivity contribution is -0.000139. The van der Waals surface area contributed by atoms with Gasteiger partial charge in [0.1, 0.15) is 18.2 Å². The van der Waals surface area contributed by atoms with Crippen LogP contribution in [0.3, 0.4) is 0 Å². The first kappa shape index (κ1) is 46.0. The van der Waals surface area contributed by atoms with Crippen LogP contribution in [0.2, 0.25) is 0 Å². The van der Waals surface area contributed by atoms with Gasteiger partial charge in [0.25, 0.3) is 16.0 Å². The molecule has 0 saturated heterocycles. The van der Waals surface area contributed by atoms with Crippen molar-refractivity contribution in [2.75, 3.05) is 62.4 Å². The van der Waals surface area contributed by atoms with Crippen LogP contribution >= 0.6 is 11.3 Å². The summed E-state index contributed by atoms with van der Waals surface area (Å²) in [4.78, 5) is 39.9. The lowest BCUT2D eigenvalue weighted by Gasteiger charge is -2.33. The second kappa shape index (κ2) is 20.2. The summed E-state index contributed by atoms with van der Waals surface area (Å²) in [7, 11) is -2.22. The number of anilines is 2.